The number of thiazole rings is 1. The number of carboxylic acid groups (broad SMARTS) is 1. The van der Waals surface area contributed by atoms with E-state index in [9.17, 15) is 18.8 Å². The quantitative estimate of drug-likeness (QED) is 0.395. The number of carbonyl (C=O) groups excluding carboxylic acids is 2. The Labute approximate surface area is 210 Å². The number of halogens is 1. The molecule has 36 heavy (non-hydrogen) atoms. The van der Waals surface area contributed by atoms with E-state index in [-0.39, 0.29) is 23.1 Å². The molecule has 0 bridgehead atoms. The van der Waals surface area contributed by atoms with E-state index in [1.54, 1.807) is 29.6 Å². The van der Waals surface area contributed by atoms with Gasteiger partial charge < -0.3 is 10.0 Å². The van der Waals surface area contributed by atoms with Crippen LogP contribution >= 0.6 is 11.3 Å². The largest absolute Gasteiger partial charge is 0.478 e. The lowest BCUT2D eigenvalue weighted by molar-refractivity contribution is -0.120. The molecule has 0 spiro atoms. The number of hydrogen-bond donors (Lipinski definition) is 2. The third-order valence-electron chi connectivity index (χ3n) is 5.97. The van der Waals surface area contributed by atoms with Crippen LogP contribution in [0.15, 0.2) is 72.2 Å². The molecule has 1 atom stereocenters. The minimum absolute atomic E-state index is 0.123. The van der Waals surface area contributed by atoms with Gasteiger partial charge in [-0.15, -0.1) is 11.3 Å². The Morgan fingerprint density at radius 1 is 1.08 bits per heavy atom. The number of nitrogens with zero attached hydrogens (tertiary/aromatic N) is 2. The number of benzene rings is 3. The highest BCUT2D eigenvalue weighted by Gasteiger charge is 2.38. The van der Waals surface area contributed by atoms with Crippen LogP contribution in [0.1, 0.15) is 37.9 Å². The Balaban J connectivity index is 1.50. The average molecular weight is 497 g/mol. The number of aromatic nitrogens is 1. The van der Waals surface area contributed by atoms with Crippen LogP contribution in [0.5, 0.6) is 0 Å². The van der Waals surface area contributed by atoms with Crippen molar-refractivity contribution in [1.82, 2.24) is 9.88 Å². The normalized spacial score (nSPS) is 13.4. The molecule has 2 N–H and O–H groups in total. The van der Waals surface area contributed by atoms with Gasteiger partial charge in [0, 0.05) is 23.7 Å². The van der Waals surface area contributed by atoms with Crippen molar-refractivity contribution >= 4 is 47.6 Å². The van der Waals surface area contributed by atoms with E-state index in [4.69, 9.17) is 13.0 Å². The summed E-state index contributed by atoms with van der Waals surface area (Å²) in [5.41, 5.74) is 3.07. The maximum atomic E-state index is 14.2. The fourth-order valence-corrected chi connectivity index (χ4v) is 4.74. The van der Waals surface area contributed by atoms with Crippen LogP contribution in [0, 0.1) is 5.82 Å². The Morgan fingerprint density at radius 3 is 2.53 bits per heavy atom. The first-order chi connectivity index (χ1) is 17.3. The summed E-state index contributed by atoms with van der Waals surface area (Å²) in [6.45, 7) is 0.123. The Bertz CT molecular complexity index is 1490. The first-order valence-corrected chi connectivity index (χ1v) is 11.7. The maximum absolute atomic E-state index is 14.2. The zero-order valence-corrected chi connectivity index (χ0v) is 19.5. The monoisotopic (exact) mass is 497 g/mol. The summed E-state index contributed by atoms with van der Waals surface area (Å²) < 4.78 is 14.2. The number of carbonyl (C=O) groups is 3. The first-order valence-electron chi connectivity index (χ1n) is 10.8. The van der Waals surface area contributed by atoms with E-state index < -0.39 is 29.6 Å². The Kier molecular flexibility index (Phi) is 6.11. The highest BCUT2D eigenvalue weighted by Crippen LogP contribution is 2.34. The lowest BCUT2D eigenvalue weighted by atomic mass is 9.86. The lowest BCUT2D eigenvalue weighted by Crippen LogP contribution is -2.40. The molecule has 1 aromatic heterocycles. The van der Waals surface area contributed by atoms with Gasteiger partial charge in [-0.1, -0.05) is 35.8 Å². The van der Waals surface area contributed by atoms with Gasteiger partial charge >= 0.3 is 5.97 Å². The molecular formula is C26H17BFN3O4S. The summed E-state index contributed by atoms with van der Waals surface area (Å²) in [7, 11) is 6.11. The number of rotatable bonds is 6. The molecule has 2 heterocycles. The van der Waals surface area contributed by atoms with Crippen LogP contribution in [0.2, 0.25) is 0 Å². The Hall–Kier alpha value is -4.31. The van der Waals surface area contributed by atoms with Gasteiger partial charge in [-0.05, 0) is 52.6 Å². The molecule has 1 aliphatic rings. The summed E-state index contributed by atoms with van der Waals surface area (Å²) in [4.78, 5) is 43.5. The predicted octanol–water partition coefficient (Wildman–Crippen LogP) is 3.78. The van der Waals surface area contributed by atoms with Crippen molar-refractivity contribution in [1.29, 1.82) is 0 Å². The minimum atomic E-state index is -1.19. The highest BCUT2D eigenvalue weighted by molar-refractivity contribution is 7.13. The second kappa shape index (κ2) is 9.39. The summed E-state index contributed by atoms with van der Waals surface area (Å²) in [5.74, 6) is -2.58. The molecule has 0 saturated heterocycles. The topological polar surface area (TPSA) is 99.6 Å². The fraction of sp³-hybridized carbons (Fsp3) is 0.0769. The van der Waals surface area contributed by atoms with E-state index in [1.165, 1.54) is 46.7 Å². The average Bonchev–Trinajstić information content (AvgIpc) is 3.49. The van der Waals surface area contributed by atoms with E-state index in [1.807, 2.05) is 6.07 Å². The maximum Gasteiger partial charge on any atom is 0.335 e. The van der Waals surface area contributed by atoms with E-state index in [2.05, 4.69) is 10.3 Å². The van der Waals surface area contributed by atoms with E-state index in [0.717, 1.165) is 17.2 Å². The zero-order chi connectivity index (χ0) is 25.4. The van der Waals surface area contributed by atoms with Gasteiger partial charge in [0.05, 0.1) is 5.56 Å². The lowest BCUT2D eigenvalue weighted by Gasteiger charge is -2.28. The highest BCUT2D eigenvalue weighted by atomic mass is 32.1. The number of anilines is 1. The molecule has 2 amide bonds. The number of nitrogens with one attached hydrogen (secondary N) is 1. The van der Waals surface area contributed by atoms with Gasteiger partial charge in [-0.2, -0.15) is 0 Å². The van der Waals surface area contributed by atoms with Gasteiger partial charge in [0.15, 0.2) is 5.13 Å². The van der Waals surface area contributed by atoms with E-state index in [0.29, 0.717) is 16.3 Å². The predicted molar refractivity (Wildman–Crippen MR) is 134 cm³/mol. The van der Waals surface area contributed by atoms with Crippen molar-refractivity contribution in [2.75, 3.05) is 5.32 Å². The van der Waals surface area contributed by atoms with Crippen molar-refractivity contribution in [3.63, 3.8) is 0 Å². The molecule has 176 valence electrons. The van der Waals surface area contributed by atoms with Crippen LogP contribution in [0.3, 0.4) is 0 Å². The van der Waals surface area contributed by atoms with Gasteiger partial charge in [0.1, 0.15) is 19.7 Å². The van der Waals surface area contributed by atoms with Crippen molar-refractivity contribution in [3.8, 4) is 11.1 Å². The molecule has 10 heteroatoms. The molecule has 0 fully saturated rings. The van der Waals surface area contributed by atoms with Gasteiger partial charge in [0.25, 0.3) is 11.8 Å². The molecule has 7 nitrogen and oxygen atoms in total. The van der Waals surface area contributed by atoms with Crippen LogP contribution in [-0.2, 0) is 11.3 Å². The molecule has 5 rings (SSSR count). The van der Waals surface area contributed by atoms with Gasteiger partial charge in [0.2, 0.25) is 0 Å². The molecule has 0 saturated carbocycles. The standard InChI is InChI=1S/C26H17BFN3O4S/c27-21-8-7-18(28)12-20(21)22(23(32)30-26-29-9-10-36-26)31-13-17-6-5-16(11-19(17)24(31)33)14-1-3-15(4-2-14)25(34)35/h1-12,22H,13H2,(H,34,35)(H,29,30,32). The molecular weight excluding hydrogens is 480 g/mol. The van der Waals surface area contributed by atoms with Gasteiger partial charge in [-0.25, -0.2) is 14.2 Å². The number of amides is 2. The first kappa shape index (κ1) is 23.4. The summed E-state index contributed by atoms with van der Waals surface area (Å²) in [6.07, 6.45) is 1.53. The van der Waals surface area contributed by atoms with Crippen LogP contribution in [0.4, 0.5) is 9.52 Å². The number of aromatic carboxylic acids is 1. The second-order valence-corrected chi connectivity index (χ2v) is 9.08. The van der Waals surface area contributed by atoms with Crippen molar-refractivity contribution in [2.24, 2.45) is 0 Å². The summed E-state index contributed by atoms with van der Waals surface area (Å²) in [5, 5.41) is 13.9. The summed E-state index contributed by atoms with van der Waals surface area (Å²) in [6, 6.07) is 14.2. The summed E-state index contributed by atoms with van der Waals surface area (Å²) >= 11 is 1.22. The number of carboxylic acids is 1. The van der Waals surface area contributed by atoms with Gasteiger partial charge in [-0.3, -0.25) is 14.9 Å². The van der Waals surface area contributed by atoms with Crippen molar-refractivity contribution < 1.29 is 23.9 Å². The number of fused-ring (bicyclic) bond motifs is 1. The molecule has 1 unspecified atom stereocenters. The third kappa shape index (κ3) is 4.38. The van der Waals surface area contributed by atoms with Crippen LogP contribution in [0.25, 0.3) is 11.1 Å². The molecule has 4 aromatic rings. The fourth-order valence-electron chi connectivity index (χ4n) is 4.21. The van der Waals surface area contributed by atoms with Crippen LogP contribution in [-0.4, -0.2) is 40.6 Å². The van der Waals surface area contributed by atoms with Crippen molar-refractivity contribution in [3.05, 3.63) is 100 Å². The van der Waals surface area contributed by atoms with Crippen molar-refractivity contribution in [2.45, 2.75) is 12.6 Å². The third-order valence-corrected chi connectivity index (χ3v) is 6.66. The van der Waals surface area contributed by atoms with E-state index >= 15 is 0 Å². The zero-order valence-electron chi connectivity index (χ0n) is 18.6. The van der Waals surface area contributed by atoms with Crippen LogP contribution < -0.4 is 10.8 Å². The number of hydrogen-bond acceptors (Lipinski definition) is 5. The SMILES string of the molecule is [B]c1ccc(F)cc1C(C(=O)Nc1nccs1)N1Cc2ccc(-c3ccc(C(=O)O)cc3)cc2C1=O. The Morgan fingerprint density at radius 2 is 1.83 bits per heavy atom. The second-order valence-electron chi connectivity index (χ2n) is 8.19. The smallest absolute Gasteiger partial charge is 0.335 e. The molecule has 2 radical (unpaired) electrons. The molecule has 0 aliphatic carbocycles. The molecule has 3 aromatic carbocycles. The minimum Gasteiger partial charge on any atom is -0.478 e. The molecule has 1 aliphatic heterocycles.